The average molecular weight is 379 g/mol. The van der Waals surface area contributed by atoms with Gasteiger partial charge in [0, 0.05) is 44.1 Å². The van der Waals surface area contributed by atoms with Crippen molar-refractivity contribution in [2.45, 2.75) is 32.2 Å². The molecule has 1 N–H and O–H groups in total. The molecule has 0 unspecified atom stereocenters. The third kappa shape index (κ3) is 3.76. The molecule has 4 rings (SSSR count). The lowest BCUT2D eigenvalue weighted by molar-refractivity contribution is 0.190. The monoisotopic (exact) mass is 379 g/mol. The maximum absolute atomic E-state index is 12.8. The number of hydrogen-bond acceptors (Lipinski definition) is 4. The zero-order valence-corrected chi connectivity index (χ0v) is 16.2. The van der Waals surface area contributed by atoms with Crippen LogP contribution in [-0.4, -0.2) is 48.3 Å². The molecule has 3 heterocycles. The number of amides is 2. The van der Waals surface area contributed by atoms with Crippen molar-refractivity contribution < 1.29 is 4.79 Å². The molecule has 1 saturated heterocycles. The lowest BCUT2D eigenvalue weighted by Crippen LogP contribution is -2.42. The molecule has 1 aromatic carbocycles. The second kappa shape index (κ2) is 7.84. The van der Waals surface area contributed by atoms with Crippen molar-refractivity contribution in [1.82, 2.24) is 29.2 Å². The number of benzene rings is 1. The number of aromatic nitrogens is 5. The summed E-state index contributed by atoms with van der Waals surface area (Å²) in [5.41, 5.74) is 1.91. The fourth-order valence-corrected chi connectivity index (χ4v) is 3.69. The number of carbonyl (C=O) groups is 1. The summed E-state index contributed by atoms with van der Waals surface area (Å²) in [5, 5.41) is 11.8. The summed E-state index contributed by atoms with van der Waals surface area (Å²) in [4.78, 5) is 18.7. The first kappa shape index (κ1) is 18.2. The molecule has 0 aliphatic carbocycles. The van der Waals surface area contributed by atoms with Crippen LogP contribution in [0.4, 0.5) is 10.5 Å². The fraction of sp³-hybridized carbons (Fsp3) is 0.400. The van der Waals surface area contributed by atoms with Crippen LogP contribution in [-0.2, 0) is 13.6 Å². The minimum atomic E-state index is -0.0557. The predicted molar refractivity (Wildman–Crippen MR) is 106 cm³/mol. The molecule has 8 nitrogen and oxygen atoms in total. The van der Waals surface area contributed by atoms with Gasteiger partial charge in [-0.3, -0.25) is 0 Å². The van der Waals surface area contributed by atoms with E-state index in [1.165, 1.54) is 0 Å². The molecule has 1 aliphatic heterocycles. The van der Waals surface area contributed by atoms with E-state index in [0.29, 0.717) is 13.1 Å². The van der Waals surface area contributed by atoms with Gasteiger partial charge in [-0.1, -0.05) is 18.2 Å². The third-order valence-electron chi connectivity index (χ3n) is 5.34. The van der Waals surface area contributed by atoms with Crippen LogP contribution >= 0.6 is 0 Å². The van der Waals surface area contributed by atoms with E-state index < -0.39 is 0 Å². The Morgan fingerprint density at radius 1 is 1.29 bits per heavy atom. The number of imidazole rings is 1. The molecular formula is C20H25N7O. The van der Waals surface area contributed by atoms with Crippen molar-refractivity contribution in [3.05, 3.63) is 60.2 Å². The quantitative estimate of drug-likeness (QED) is 0.756. The van der Waals surface area contributed by atoms with Crippen molar-refractivity contribution >= 4 is 11.7 Å². The first-order valence-electron chi connectivity index (χ1n) is 9.57. The highest BCUT2D eigenvalue weighted by atomic mass is 16.2. The molecule has 0 spiro atoms. The molecule has 1 fully saturated rings. The number of aryl methyl sites for hydroxylation is 1. The molecule has 2 aromatic heterocycles. The molecule has 28 heavy (non-hydrogen) atoms. The van der Waals surface area contributed by atoms with Crippen LogP contribution in [0.1, 0.15) is 36.0 Å². The van der Waals surface area contributed by atoms with E-state index in [4.69, 9.17) is 0 Å². The SMILES string of the molecule is Cc1ccccc1NC(=O)N1CCC[C@@H](c2nnc(Cn3ccnc3)n2C)C1. The standard InChI is InChI=1S/C20H25N7O/c1-15-6-3-4-8-17(15)22-20(28)27-10-5-7-16(12-27)19-24-23-18(25(19)2)13-26-11-9-21-14-26/h3-4,6,8-9,11,14,16H,5,7,10,12-13H2,1-2H3,(H,22,28)/t16-/m1/s1. The minimum Gasteiger partial charge on any atom is -0.330 e. The smallest absolute Gasteiger partial charge is 0.321 e. The molecule has 146 valence electrons. The number of nitrogens with zero attached hydrogens (tertiary/aromatic N) is 6. The van der Waals surface area contributed by atoms with E-state index in [1.807, 2.05) is 58.5 Å². The van der Waals surface area contributed by atoms with Crippen LogP contribution in [0.5, 0.6) is 0 Å². The third-order valence-corrected chi connectivity index (χ3v) is 5.34. The number of likely N-dealkylation sites (tertiary alicyclic amines) is 1. The van der Waals surface area contributed by atoms with E-state index in [1.54, 1.807) is 12.5 Å². The van der Waals surface area contributed by atoms with Crippen molar-refractivity contribution in [2.75, 3.05) is 18.4 Å². The Bertz CT molecular complexity index is 947. The molecule has 1 atom stereocenters. The van der Waals surface area contributed by atoms with E-state index in [9.17, 15) is 4.79 Å². The van der Waals surface area contributed by atoms with E-state index in [0.717, 1.165) is 42.3 Å². The number of nitrogens with one attached hydrogen (secondary N) is 1. The van der Waals surface area contributed by atoms with E-state index in [-0.39, 0.29) is 11.9 Å². The average Bonchev–Trinajstić information content (AvgIpc) is 3.34. The second-order valence-corrected chi connectivity index (χ2v) is 7.30. The summed E-state index contributed by atoms with van der Waals surface area (Å²) in [6.07, 6.45) is 7.39. The molecule has 1 aliphatic rings. The van der Waals surface area contributed by atoms with Gasteiger partial charge in [0.1, 0.15) is 5.82 Å². The summed E-state index contributed by atoms with van der Waals surface area (Å²) in [5.74, 6) is 2.00. The topological polar surface area (TPSA) is 80.9 Å². The Labute approximate surface area is 164 Å². The van der Waals surface area contributed by atoms with Gasteiger partial charge in [-0.15, -0.1) is 10.2 Å². The number of piperidine rings is 1. The van der Waals surface area contributed by atoms with E-state index >= 15 is 0 Å². The number of anilines is 1. The molecule has 0 bridgehead atoms. The van der Waals surface area contributed by atoms with Gasteiger partial charge in [0.2, 0.25) is 0 Å². The molecule has 0 saturated carbocycles. The highest BCUT2D eigenvalue weighted by Gasteiger charge is 2.28. The highest BCUT2D eigenvalue weighted by molar-refractivity contribution is 5.90. The summed E-state index contributed by atoms with van der Waals surface area (Å²) in [6, 6.07) is 7.77. The lowest BCUT2D eigenvalue weighted by Gasteiger charge is -2.32. The van der Waals surface area contributed by atoms with Crippen molar-refractivity contribution in [2.24, 2.45) is 7.05 Å². The highest BCUT2D eigenvalue weighted by Crippen LogP contribution is 2.26. The van der Waals surface area contributed by atoms with Crippen LogP contribution in [0.15, 0.2) is 43.0 Å². The van der Waals surface area contributed by atoms with Gasteiger partial charge in [0.25, 0.3) is 0 Å². The van der Waals surface area contributed by atoms with Crippen molar-refractivity contribution in [3.63, 3.8) is 0 Å². The van der Waals surface area contributed by atoms with Crippen molar-refractivity contribution in [3.8, 4) is 0 Å². The Kier molecular flexibility index (Phi) is 5.10. The summed E-state index contributed by atoms with van der Waals surface area (Å²) in [7, 11) is 1.99. The van der Waals surface area contributed by atoms with E-state index in [2.05, 4.69) is 20.5 Å². The maximum atomic E-state index is 12.8. The van der Waals surface area contributed by atoms with Gasteiger partial charge >= 0.3 is 6.03 Å². The van der Waals surface area contributed by atoms with Crippen LogP contribution in [0.25, 0.3) is 0 Å². The Morgan fingerprint density at radius 3 is 2.93 bits per heavy atom. The van der Waals surface area contributed by atoms with Crippen molar-refractivity contribution in [1.29, 1.82) is 0 Å². The van der Waals surface area contributed by atoms with Gasteiger partial charge in [-0.2, -0.15) is 0 Å². The second-order valence-electron chi connectivity index (χ2n) is 7.30. The minimum absolute atomic E-state index is 0.0557. The largest absolute Gasteiger partial charge is 0.330 e. The Hall–Kier alpha value is -3.16. The number of urea groups is 1. The van der Waals surface area contributed by atoms with Crippen LogP contribution in [0.3, 0.4) is 0 Å². The first-order chi connectivity index (χ1) is 13.6. The number of para-hydroxylation sites is 1. The van der Waals surface area contributed by atoms with Gasteiger partial charge in [-0.25, -0.2) is 9.78 Å². The van der Waals surface area contributed by atoms with Crippen LogP contribution in [0.2, 0.25) is 0 Å². The maximum Gasteiger partial charge on any atom is 0.321 e. The van der Waals surface area contributed by atoms with Crippen LogP contribution in [0, 0.1) is 6.92 Å². The number of hydrogen-bond donors (Lipinski definition) is 1. The normalized spacial score (nSPS) is 16.9. The summed E-state index contributed by atoms with van der Waals surface area (Å²) < 4.78 is 4.02. The molecule has 3 aromatic rings. The molecule has 8 heteroatoms. The number of carbonyl (C=O) groups excluding carboxylic acids is 1. The van der Waals surface area contributed by atoms with Gasteiger partial charge in [0.05, 0.1) is 12.9 Å². The first-order valence-corrected chi connectivity index (χ1v) is 9.57. The Balaban J connectivity index is 1.44. The van der Waals surface area contributed by atoms with Gasteiger partial charge in [0.15, 0.2) is 5.82 Å². The van der Waals surface area contributed by atoms with Gasteiger partial charge in [-0.05, 0) is 31.4 Å². The van der Waals surface area contributed by atoms with Gasteiger partial charge < -0.3 is 19.4 Å². The molecule has 2 amide bonds. The number of rotatable bonds is 4. The summed E-state index contributed by atoms with van der Waals surface area (Å²) >= 11 is 0. The summed E-state index contributed by atoms with van der Waals surface area (Å²) in [6.45, 7) is 4.03. The Morgan fingerprint density at radius 2 is 2.14 bits per heavy atom. The predicted octanol–water partition coefficient (Wildman–Crippen LogP) is 2.78. The zero-order valence-electron chi connectivity index (χ0n) is 16.2. The molecular weight excluding hydrogens is 354 g/mol. The van der Waals surface area contributed by atoms with Crippen LogP contribution < -0.4 is 5.32 Å². The lowest BCUT2D eigenvalue weighted by atomic mass is 9.97. The zero-order chi connectivity index (χ0) is 19.5. The molecule has 0 radical (unpaired) electrons. The fourth-order valence-electron chi connectivity index (χ4n) is 3.69.